The molecule has 0 aliphatic carbocycles. The SMILES string of the molecule is Cc1ccc2ncc(-c3noc(-c4ccn[nH]4)n3)n2c1. The van der Waals surface area contributed by atoms with E-state index in [1.54, 1.807) is 18.5 Å². The fourth-order valence-electron chi connectivity index (χ4n) is 2.06. The maximum Gasteiger partial charge on any atom is 0.276 e. The van der Waals surface area contributed by atoms with Crippen LogP contribution in [0.25, 0.3) is 28.8 Å². The van der Waals surface area contributed by atoms with Gasteiger partial charge >= 0.3 is 0 Å². The summed E-state index contributed by atoms with van der Waals surface area (Å²) in [6.07, 6.45) is 5.36. The second-order valence-electron chi connectivity index (χ2n) is 4.47. The molecule has 4 aromatic heterocycles. The fraction of sp³-hybridized carbons (Fsp3) is 0.0769. The first-order chi connectivity index (χ1) is 9.81. The standard InChI is InChI=1S/C13H10N6O/c1-8-2-3-11-14-6-10(19(11)7-8)12-16-13(20-18-12)9-4-5-15-17-9/h2-7H,1H3,(H,15,17). The van der Waals surface area contributed by atoms with Crippen LogP contribution in [-0.4, -0.2) is 29.7 Å². The third kappa shape index (κ3) is 1.60. The minimum atomic E-state index is 0.403. The van der Waals surface area contributed by atoms with Gasteiger partial charge in [-0.2, -0.15) is 10.1 Å². The Bertz CT molecular complexity index is 873. The first kappa shape index (κ1) is 10.9. The smallest absolute Gasteiger partial charge is 0.276 e. The average molecular weight is 266 g/mol. The van der Waals surface area contributed by atoms with Gasteiger partial charge in [-0.15, -0.1) is 0 Å². The number of H-pyrrole nitrogens is 1. The van der Waals surface area contributed by atoms with E-state index < -0.39 is 0 Å². The van der Waals surface area contributed by atoms with Gasteiger partial charge in [0.05, 0.1) is 6.20 Å². The number of nitrogens with zero attached hydrogens (tertiary/aromatic N) is 5. The van der Waals surface area contributed by atoms with E-state index in [1.165, 1.54) is 0 Å². The summed E-state index contributed by atoms with van der Waals surface area (Å²) in [6.45, 7) is 2.02. The molecule has 7 nitrogen and oxygen atoms in total. The highest BCUT2D eigenvalue weighted by Gasteiger charge is 2.15. The van der Waals surface area contributed by atoms with Crippen LogP contribution in [0, 0.1) is 6.92 Å². The molecule has 20 heavy (non-hydrogen) atoms. The van der Waals surface area contributed by atoms with E-state index in [0.29, 0.717) is 17.4 Å². The highest BCUT2D eigenvalue weighted by Crippen LogP contribution is 2.21. The number of fused-ring (bicyclic) bond motifs is 1. The zero-order valence-corrected chi connectivity index (χ0v) is 10.6. The first-order valence-corrected chi connectivity index (χ1v) is 6.09. The summed E-state index contributed by atoms with van der Waals surface area (Å²) in [4.78, 5) is 8.69. The lowest BCUT2D eigenvalue weighted by atomic mass is 10.3. The predicted molar refractivity (Wildman–Crippen MR) is 70.8 cm³/mol. The van der Waals surface area contributed by atoms with Crippen molar-refractivity contribution < 1.29 is 4.52 Å². The van der Waals surface area contributed by atoms with Crippen LogP contribution in [0.3, 0.4) is 0 Å². The number of rotatable bonds is 2. The van der Waals surface area contributed by atoms with Gasteiger partial charge in [0, 0.05) is 12.4 Å². The molecule has 7 heteroatoms. The third-order valence-electron chi connectivity index (χ3n) is 3.04. The quantitative estimate of drug-likeness (QED) is 0.600. The van der Waals surface area contributed by atoms with E-state index in [0.717, 1.165) is 16.9 Å². The van der Waals surface area contributed by atoms with E-state index in [-0.39, 0.29) is 0 Å². The highest BCUT2D eigenvalue weighted by molar-refractivity contribution is 5.59. The maximum atomic E-state index is 5.24. The summed E-state index contributed by atoms with van der Waals surface area (Å²) >= 11 is 0. The Morgan fingerprint density at radius 2 is 2.20 bits per heavy atom. The monoisotopic (exact) mass is 266 g/mol. The summed E-state index contributed by atoms with van der Waals surface area (Å²) in [6, 6.07) is 5.74. The predicted octanol–water partition coefficient (Wildman–Crippen LogP) is 2.08. The van der Waals surface area contributed by atoms with Gasteiger partial charge in [0.15, 0.2) is 0 Å². The van der Waals surface area contributed by atoms with Crippen molar-refractivity contribution in [1.29, 1.82) is 0 Å². The molecule has 4 heterocycles. The first-order valence-electron chi connectivity index (χ1n) is 6.09. The average Bonchev–Trinajstić information content (AvgIpc) is 3.17. The van der Waals surface area contributed by atoms with Gasteiger partial charge in [-0.3, -0.25) is 9.50 Å². The number of aromatic amines is 1. The van der Waals surface area contributed by atoms with E-state index >= 15 is 0 Å². The van der Waals surface area contributed by atoms with E-state index in [9.17, 15) is 0 Å². The molecule has 0 bridgehead atoms. The van der Waals surface area contributed by atoms with Gasteiger partial charge in [-0.1, -0.05) is 11.2 Å². The van der Waals surface area contributed by atoms with Gasteiger partial charge < -0.3 is 4.52 Å². The summed E-state index contributed by atoms with van der Waals surface area (Å²) in [5.41, 5.74) is 3.46. The number of aromatic nitrogens is 6. The highest BCUT2D eigenvalue weighted by atomic mass is 16.5. The number of aryl methyl sites for hydroxylation is 1. The number of pyridine rings is 1. The molecular formula is C13H10N6O. The van der Waals surface area contributed by atoms with Crippen LogP contribution in [-0.2, 0) is 0 Å². The largest absolute Gasteiger partial charge is 0.332 e. The molecule has 0 aliphatic heterocycles. The maximum absolute atomic E-state index is 5.24. The second-order valence-corrected chi connectivity index (χ2v) is 4.47. The zero-order chi connectivity index (χ0) is 13.5. The second kappa shape index (κ2) is 4.02. The molecule has 0 aliphatic rings. The van der Waals surface area contributed by atoms with Gasteiger partial charge in [0.2, 0.25) is 5.82 Å². The van der Waals surface area contributed by atoms with Crippen molar-refractivity contribution in [3.8, 4) is 23.1 Å². The molecule has 0 amide bonds. The van der Waals surface area contributed by atoms with Crippen molar-refractivity contribution in [3.05, 3.63) is 42.4 Å². The Kier molecular flexibility index (Phi) is 2.19. The molecule has 0 saturated carbocycles. The van der Waals surface area contributed by atoms with Gasteiger partial charge in [-0.05, 0) is 24.6 Å². The van der Waals surface area contributed by atoms with Crippen LogP contribution in [0.15, 0.2) is 41.3 Å². The van der Waals surface area contributed by atoms with Crippen molar-refractivity contribution in [3.63, 3.8) is 0 Å². The van der Waals surface area contributed by atoms with E-state index in [1.807, 2.05) is 29.7 Å². The summed E-state index contributed by atoms with van der Waals surface area (Å²) in [7, 11) is 0. The van der Waals surface area contributed by atoms with Crippen LogP contribution in [0.4, 0.5) is 0 Å². The molecule has 0 aromatic carbocycles. The Morgan fingerprint density at radius 3 is 3.05 bits per heavy atom. The van der Waals surface area contributed by atoms with Crippen molar-refractivity contribution >= 4 is 5.65 Å². The molecule has 0 spiro atoms. The lowest BCUT2D eigenvalue weighted by molar-refractivity contribution is 0.430. The van der Waals surface area contributed by atoms with Crippen LogP contribution >= 0.6 is 0 Å². The van der Waals surface area contributed by atoms with Crippen molar-refractivity contribution in [1.82, 2.24) is 29.7 Å². The molecule has 0 fully saturated rings. The Hall–Kier alpha value is -2.96. The van der Waals surface area contributed by atoms with Gasteiger partial charge in [0.1, 0.15) is 17.0 Å². The lowest BCUT2D eigenvalue weighted by Crippen LogP contribution is -1.90. The number of imidazole rings is 1. The normalized spacial score (nSPS) is 11.2. The zero-order valence-electron chi connectivity index (χ0n) is 10.6. The van der Waals surface area contributed by atoms with Gasteiger partial charge in [-0.25, -0.2) is 4.98 Å². The van der Waals surface area contributed by atoms with Crippen LogP contribution in [0.1, 0.15) is 5.56 Å². The molecule has 98 valence electrons. The summed E-state index contributed by atoms with van der Waals surface area (Å²) in [5, 5.41) is 10.7. The Balaban J connectivity index is 1.85. The van der Waals surface area contributed by atoms with Crippen molar-refractivity contribution in [2.24, 2.45) is 0 Å². The van der Waals surface area contributed by atoms with Crippen LogP contribution in [0.5, 0.6) is 0 Å². The Labute approximate surface area is 113 Å². The number of hydrogen-bond acceptors (Lipinski definition) is 5. The minimum absolute atomic E-state index is 0.403. The molecule has 4 rings (SSSR count). The van der Waals surface area contributed by atoms with Gasteiger partial charge in [0.25, 0.3) is 5.89 Å². The molecule has 1 N–H and O–H groups in total. The Morgan fingerprint density at radius 1 is 1.25 bits per heavy atom. The fourth-order valence-corrected chi connectivity index (χ4v) is 2.06. The van der Waals surface area contributed by atoms with Crippen molar-refractivity contribution in [2.75, 3.05) is 0 Å². The van der Waals surface area contributed by atoms with E-state index in [2.05, 4.69) is 25.3 Å². The molecule has 0 atom stereocenters. The number of hydrogen-bond donors (Lipinski definition) is 1. The lowest BCUT2D eigenvalue weighted by Gasteiger charge is -1.98. The molecular weight excluding hydrogens is 256 g/mol. The van der Waals surface area contributed by atoms with Crippen LogP contribution in [0.2, 0.25) is 0 Å². The summed E-state index contributed by atoms with van der Waals surface area (Å²) < 4.78 is 7.18. The van der Waals surface area contributed by atoms with Crippen LogP contribution < -0.4 is 0 Å². The number of nitrogens with one attached hydrogen (secondary N) is 1. The molecule has 0 saturated heterocycles. The molecule has 4 aromatic rings. The summed E-state index contributed by atoms with van der Waals surface area (Å²) in [5.74, 6) is 0.896. The topological polar surface area (TPSA) is 84.9 Å². The molecule has 0 unspecified atom stereocenters. The molecule has 0 radical (unpaired) electrons. The van der Waals surface area contributed by atoms with E-state index in [4.69, 9.17) is 4.52 Å². The minimum Gasteiger partial charge on any atom is -0.332 e. The third-order valence-corrected chi connectivity index (χ3v) is 3.04. The van der Waals surface area contributed by atoms with Crippen molar-refractivity contribution in [2.45, 2.75) is 6.92 Å².